The largest absolute Gasteiger partial charge is 0.0912 e. The lowest BCUT2D eigenvalue weighted by Gasteiger charge is -2.23. The van der Waals surface area contributed by atoms with Crippen LogP contribution in [-0.4, -0.2) is 0 Å². The Morgan fingerprint density at radius 1 is 0.913 bits per heavy atom. The van der Waals surface area contributed by atoms with Gasteiger partial charge in [-0.3, -0.25) is 0 Å². The lowest BCUT2D eigenvalue weighted by Crippen LogP contribution is -2.08. The van der Waals surface area contributed by atoms with Crippen LogP contribution in [0.3, 0.4) is 0 Å². The van der Waals surface area contributed by atoms with Crippen molar-refractivity contribution in [3.8, 4) is 0 Å². The summed E-state index contributed by atoms with van der Waals surface area (Å²) in [6, 6.07) is 18.9. The molecule has 0 heteroatoms. The summed E-state index contributed by atoms with van der Waals surface area (Å²) < 4.78 is 0. The van der Waals surface area contributed by atoms with Crippen LogP contribution in [0.2, 0.25) is 0 Å². The third-order valence-electron chi connectivity index (χ3n) is 3.94. The molecule has 0 spiro atoms. The maximum absolute atomic E-state index is 4.20. The molecular weight excluding hydrogens is 276 g/mol. The zero-order valence-electron chi connectivity index (χ0n) is 14.6. The van der Waals surface area contributed by atoms with Gasteiger partial charge in [0.1, 0.15) is 0 Å². The standard InChI is InChI=1S/C23H26/c1-18-12-9-10-16-21(18)19(2)13-11-17-22(23(3,4)5)20-14-7-6-8-15-20/h6-17H,2H2,1,3-5H3/b13-11-,22-17-. The number of allylic oxidation sites excluding steroid dienone is 5. The van der Waals surface area contributed by atoms with E-state index in [1.807, 2.05) is 0 Å². The molecule has 0 aliphatic rings. The summed E-state index contributed by atoms with van der Waals surface area (Å²) in [7, 11) is 0. The molecule has 0 unspecified atom stereocenters. The van der Waals surface area contributed by atoms with E-state index >= 15 is 0 Å². The average Bonchev–Trinajstić information content (AvgIpc) is 2.51. The molecule has 0 aliphatic carbocycles. The minimum atomic E-state index is 0.0929. The molecule has 0 atom stereocenters. The van der Waals surface area contributed by atoms with Gasteiger partial charge in [0.15, 0.2) is 0 Å². The van der Waals surface area contributed by atoms with E-state index in [4.69, 9.17) is 0 Å². The van der Waals surface area contributed by atoms with Gasteiger partial charge in [0.2, 0.25) is 0 Å². The SMILES string of the molecule is C=C(/C=C\C=C(\c1ccccc1)C(C)(C)C)c1ccccc1C. The van der Waals surface area contributed by atoms with Crippen LogP contribution in [0.25, 0.3) is 11.1 Å². The molecule has 2 aromatic carbocycles. The number of hydrogen-bond acceptors (Lipinski definition) is 0. The Morgan fingerprint density at radius 3 is 2.13 bits per heavy atom. The van der Waals surface area contributed by atoms with Gasteiger partial charge in [-0.1, -0.05) is 100 Å². The molecule has 118 valence electrons. The second kappa shape index (κ2) is 7.28. The van der Waals surface area contributed by atoms with Gasteiger partial charge in [0.05, 0.1) is 0 Å². The highest BCUT2D eigenvalue weighted by molar-refractivity contribution is 5.76. The Balaban J connectivity index is 2.28. The van der Waals surface area contributed by atoms with Gasteiger partial charge in [-0.05, 0) is 40.2 Å². The van der Waals surface area contributed by atoms with Gasteiger partial charge < -0.3 is 0 Å². The monoisotopic (exact) mass is 302 g/mol. The van der Waals surface area contributed by atoms with E-state index < -0.39 is 0 Å². The van der Waals surface area contributed by atoms with Crippen LogP contribution >= 0.6 is 0 Å². The molecule has 0 bridgehead atoms. The van der Waals surface area contributed by atoms with Crippen molar-refractivity contribution in [3.63, 3.8) is 0 Å². The van der Waals surface area contributed by atoms with E-state index in [0.717, 1.165) is 5.57 Å². The summed E-state index contributed by atoms with van der Waals surface area (Å²) in [5.41, 5.74) is 6.19. The summed E-state index contributed by atoms with van der Waals surface area (Å²) in [5, 5.41) is 0. The minimum Gasteiger partial charge on any atom is -0.0912 e. The molecule has 0 nitrogen and oxygen atoms in total. The van der Waals surface area contributed by atoms with Gasteiger partial charge in [-0.2, -0.15) is 0 Å². The van der Waals surface area contributed by atoms with Crippen molar-refractivity contribution in [2.24, 2.45) is 5.41 Å². The molecule has 0 aliphatic heterocycles. The van der Waals surface area contributed by atoms with Gasteiger partial charge >= 0.3 is 0 Å². The highest BCUT2D eigenvalue weighted by Crippen LogP contribution is 2.34. The Morgan fingerprint density at radius 2 is 1.52 bits per heavy atom. The van der Waals surface area contributed by atoms with Crippen molar-refractivity contribution in [1.29, 1.82) is 0 Å². The smallest absolute Gasteiger partial charge is 0.0126 e. The quantitative estimate of drug-likeness (QED) is 0.552. The molecule has 0 aromatic heterocycles. The Hall–Kier alpha value is -2.34. The summed E-state index contributed by atoms with van der Waals surface area (Å²) in [6.45, 7) is 13.1. The van der Waals surface area contributed by atoms with Crippen LogP contribution in [0.1, 0.15) is 37.5 Å². The molecule has 0 radical (unpaired) electrons. The first-order valence-corrected chi connectivity index (χ1v) is 8.09. The first-order chi connectivity index (χ1) is 10.9. The predicted molar refractivity (Wildman–Crippen MR) is 103 cm³/mol. The van der Waals surface area contributed by atoms with E-state index in [1.165, 1.54) is 22.3 Å². The molecule has 2 aromatic rings. The Kier molecular flexibility index (Phi) is 5.39. The molecule has 0 saturated carbocycles. The fourth-order valence-corrected chi connectivity index (χ4v) is 2.68. The molecule has 23 heavy (non-hydrogen) atoms. The zero-order chi connectivity index (χ0) is 16.9. The van der Waals surface area contributed by atoms with Gasteiger partial charge in [-0.25, -0.2) is 0 Å². The lowest BCUT2D eigenvalue weighted by atomic mass is 9.82. The van der Waals surface area contributed by atoms with Crippen molar-refractivity contribution < 1.29 is 0 Å². The highest BCUT2D eigenvalue weighted by Gasteiger charge is 2.17. The molecule has 0 saturated heterocycles. The van der Waals surface area contributed by atoms with Crippen molar-refractivity contribution >= 4 is 11.1 Å². The maximum atomic E-state index is 4.20. The highest BCUT2D eigenvalue weighted by atomic mass is 14.2. The summed E-state index contributed by atoms with van der Waals surface area (Å²) >= 11 is 0. The van der Waals surface area contributed by atoms with Crippen LogP contribution in [0.4, 0.5) is 0 Å². The third kappa shape index (κ3) is 4.56. The molecule has 0 amide bonds. The molecule has 0 heterocycles. The van der Waals surface area contributed by atoms with Crippen molar-refractivity contribution in [2.45, 2.75) is 27.7 Å². The number of rotatable bonds is 4. The second-order valence-corrected chi connectivity index (χ2v) is 6.90. The average molecular weight is 302 g/mol. The lowest BCUT2D eigenvalue weighted by molar-refractivity contribution is 0.567. The van der Waals surface area contributed by atoms with Crippen molar-refractivity contribution in [2.75, 3.05) is 0 Å². The Bertz CT molecular complexity index is 722. The van der Waals surface area contributed by atoms with E-state index in [9.17, 15) is 0 Å². The summed E-state index contributed by atoms with van der Waals surface area (Å²) in [4.78, 5) is 0. The zero-order valence-corrected chi connectivity index (χ0v) is 14.6. The van der Waals surface area contributed by atoms with Gasteiger partial charge in [-0.15, -0.1) is 0 Å². The topological polar surface area (TPSA) is 0 Å². The van der Waals surface area contributed by atoms with E-state index in [2.05, 4.69) is 107 Å². The van der Waals surface area contributed by atoms with Crippen LogP contribution in [-0.2, 0) is 0 Å². The molecule has 0 fully saturated rings. The molecule has 2 rings (SSSR count). The second-order valence-electron chi connectivity index (χ2n) is 6.90. The van der Waals surface area contributed by atoms with Crippen LogP contribution in [0.15, 0.2) is 79.4 Å². The first kappa shape index (κ1) is 17.0. The maximum Gasteiger partial charge on any atom is -0.0126 e. The number of aryl methyl sites for hydroxylation is 1. The summed E-state index contributed by atoms with van der Waals surface area (Å²) in [5.74, 6) is 0. The number of hydrogen-bond donors (Lipinski definition) is 0. The minimum absolute atomic E-state index is 0.0929. The fourth-order valence-electron chi connectivity index (χ4n) is 2.68. The van der Waals surface area contributed by atoms with Crippen LogP contribution in [0.5, 0.6) is 0 Å². The fraction of sp³-hybridized carbons (Fsp3) is 0.217. The van der Waals surface area contributed by atoms with Gasteiger partial charge in [0, 0.05) is 0 Å². The van der Waals surface area contributed by atoms with Crippen LogP contribution < -0.4 is 0 Å². The van der Waals surface area contributed by atoms with Crippen molar-refractivity contribution in [1.82, 2.24) is 0 Å². The number of benzene rings is 2. The van der Waals surface area contributed by atoms with E-state index in [1.54, 1.807) is 0 Å². The molecular formula is C23H26. The van der Waals surface area contributed by atoms with Crippen molar-refractivity contribution in [3.05, 3.63) is 96.1 Å². The van der Waals surface area contributed by atoms with E-state index in [0.29, 0.717) is 0 Å². The van der Waals surface area contributed by atoms with Crippen LogP contribution in [0, 0.1) is 12.3 Å². The van der Waals surface area contributed by atoms with Gasteiger partial charge in [0.25, 0.3) is 0 Å². The molecule has 0 N–H and O–H groups in total. The van der Waals surface area contributed by atoms with E-state index in [-0.39, 0.29) is 5.41 Å². The summed E-state index contributed by atoms with van der Waals surface area (Å²) in [6.07, 6.45) is 6.41. The Labute approximate surface area is 140 Å². The first-order valence-electron chi connectivity index (χ1n) is 8.09. The normalized spacial score (nSPS) is 12.6. The predicted octanol–water partition coefficient (Wildman–Crippen LogP) is 6.69. The third-order valence-corrected chi connectivity index (χ3v) is 3.94.